The Hall–Kier alpha value is -2.04. The molecule has 1 unspecified atom stereocenters. The van der Waals surface area contributed by atoms with E-state index < -0.39 is 11.9 Å². The molecule has 5 heteroatoms. The molecule has 5 nitrogen and oxygen atoms in total. The summed E-state index contributed by atoms with van der Waals surface area (Å²) in [5, 5.41) is 9.44. The largest absolute Gasteiger partial charge is 0.481 e. The second kappa shape index (κ2) is 6.16. The summed E-state index contributed by atoms with van der Waals surface area (Å²) in [4.78, 5) is 27.5. The lowest BCUT2D eigenvalue weighted by molar-refractivity contribution is -0.139. The minimum absolute atomic E-state index is 0.0896. The quantitative estimate of drug-likeness (QED) is 0.930. The number of hydrogen-bond donors (Lipinski definition) is 1. The monoisotopic (exact) mass is 290 g/mol. The van der Waals surface area contributed by atoms with Crippen LogP contribution in [0.2, 0.25) is 0 Å². The van der Waals surface area contributed by atoms with Crippen molar-refractivity contribution in [2.75, 3.05) is 13.1 Å². The van der Waals surface area contributed by atoms with E-state index in [0.29, 0.717) is 13.1 Å². The van der Waals surface area contributed by atoms with Crippen LogP contribution in [0.25, 0.3) is 0 Å². The first kappa shape index (κ1) is 15.4. The summed E-state index contributed by atoms with van der Waals surface area (Å²) in [6.07, 6.45) is 0. The number of aliphatic carboxylic acids is 1. The van der Waals surface area contributed by atoms with Gasteiger partial charge in [0.15, 0.2) is 0 Å². The molecule has 1 aromatic rings. The lowest BCUT2D eigenvalue weighted by Gasteiger charge is -2.37. The highest BCUT2D eigenvalue weighted by atomic mass is 16.4. The lowest BCUT2D eigenvalue weighted by atomic mass is 9.90. The van der Waals surface area contributed by atoms with Crippen molar-refractivity contribution in [2.24, 2.45) is 0 Å². The van der Waals surface area contributed by atoms with E-state index >= 15 is 0 Å². The molecule has 0 radical (unpaired) electrons. The van der Waals surface area contributed by atoms with Crippen LogP contribution in [0.3, 0.4) is 0 Å². The number of carbonyl (C=O) groups excluding carboxylic acids is 1. The Morgan fingerprint density at radius 3 is 2.62 bits per heavy atom. The van der Waals surface area contributed by atoms with Crippen molar-refractivity contribution in [3.05, 3.63) is 35.4 Å². The maximum Gasteiger partial charge on any atom is 0.320 e. The second-order valence-electron chi connectivity index (χ2n) is 5.63. The molecule has 0 aliphatic carbocycles. The Morgan fingerprint density at radius 2 is 2.05 bits per heavy atom. The van der Waals surface area contributed by atoms with Gasteiger partial charge in [0.1, 0.15) is 0 Å². The van der Waals surface area contributed by atoms with Gasteiger partial charge in [0.05, 0.1) is 5.92 Å². The van der Waals surface area contributed by atoms with Gasteiger partial charge in [-0.2, -0.15) is 0 Å². The Bertz CT molecular complexity index is 542. The van der Waals surface area contributed by atoms with Gasteiger partial charge in [-0.15, -0.1) is 0 Å². The van der Waals surface area contributed by atoms with E-state index in [9.17, 15) is 14.7 Å². The van der Waals surface area contributed by atoms with Crippen molar-refractivity contribution in [2.45, 2.75) is 39.3 Å². The molecule has 0 fully saturated rings. The third-order valence-corrected chi connectivity index (χ3v) is 3.97. The van der Waals surface area contributed by atoms with Crippen molar-refractivity contribution in [1.29, 1.82) is 0 Å². The summed E-state index contributed by atoms with van der Waals surface area (Å²) < 4.78 is 0. The molecule has 0 saturated heterocycles. The van der Waals surface area contributed by atoms with E-state index in [2.05, 4.69) is 0 Å². The van der Waals surface area contributed by atoms with Crippen LogP contribution in [0.1, 0.15) is 37.8 Å². The van der Waals surface area contributed by atoms with Crippen LogP contribution in [0, 0.1) is 0 Å². The molecule has 1 aromatic carbocycles. The van der Waals surface area contributed by atoms with Gasteiger partial charge in [0, 0.05) is 25.7 Å². The number of hydrogen-bond acceptors (Lipinski definition) is 2. The zero-order valence-electron chi connectivity index (χ0n) is 12.7. The van der Waals surface area contributed by atoms with E-state index in [1.54, 1.807) is 9.80 Å². The number of rotatable bonds is 3. The van der Waals surface area contributed by atoms with Crippen molar-refractivity contribution in [1.82, 2.24) is 9.80 Å². The molecule has 0 saturated carbocycles. The average molecular weight is 290 g/mol. The standard InChI is InChI=1S/C16H22N2O3/c1-4-18(11(2)3)16(21)17-9-12-7-5-6-8-13(12)14(10-17)15(19)20/h5-8,11,14H,4,9-10H2,1-3H3,(H,19,20). The predicted molar refractivity (Wildman–Crippen MR) is 80.1 cm³/mol. The van der Waals surface area contributed by atoms with Crippen LogP contribution < -0.4 is 0 Å². The van der Waals surface area contributed by atoms with Crippen molar-refractivity contribution >= 4 is 12.0 Å². The molecule has 1 N–H and O–H groups in total. The summed E-state index contributed by atoms with van der Waals surface area (Å²) in [5.74, 6) is -1.53. The highest BCUT2D eigenvalue weighted by Crippen LogP contribution is 2.29. The van der Waals surface area contributed by atoms with Gasteiger partial charge in [0.25, 0.3) is 0 Å². The Labute approximate surface area is 125 Å². The average Bonchev–Trinajstić information content (AvgIpc) is 2.46. The minimum atomic E-state index is -0.882. The molecular weight excluding hydrogens is 268 g/mol. The molecule has 1 aliphatic heterocycles. The second-order valence-corrected chi connectivity index (χ2v) is 5.63. The third kappa shape index (κ3) is 3.01. The van der Waals surface area contributed by atoms with Gasteiger partial charge in [0.2, 0.25) is 0 Å². The van der Waals surface area contributed by atoms with E-state index in [0.717, 1.165) is 11.1 Å². The fourth-order valence-corrected chi connectivity index (χ4v) is 2.87. The number of carboxylic acid groups (broad SMARTS) is 1. The SMILES string of the molecule is CCN(C(=O)N1Cc2ccccc2C(C(=O)O)C1)C(C)C. The third-order valence-electron chi connectivity index (χ3n) is 3.97. The van der Waals surface area contributed by atoms with Crippen molar-refractivity contribution in [3.63, 3.8) is 0 Å². The lowest BCUT2D eigenvalue weighted by Crippen LogP contribution is -2.49. The maximum absolute atomic E-state index is 12.6. The highest BCUT2D eigenvalue weighted by molar-refractivity contribution is 5.81. The first-order valence-electron chi connectivity index (χ1n) is 7.31. The van der Waals surface area contributed by atoms with E-state index in [-0.39, 0.29) is 18.6 Å². The number of nitrogens with zero attached hydrogens (tertiary/aromatic N) is 2. The van der Waals surface area contributed by atoms with Gasteiger partial charge >= 0.3 is 12.0 Å². The first-order chi connectivity index (χ1) is 9.95. The maximum atomic E-state index is 12.6. The molecular formula is C16H22N2O3. The van der Waals surface area contributed by atoms with E-state index in [4.69, 9.17) is 0 Å². The molecule has 1 atom stereocenters. The number of benzene rings is 1. The number of carbonyl (C=O) groups is 2. The summed E-state index contributed by atoms with van der Waals surface area (Å²) in [6, 6.07) is 7.48. The van der Waals surface area contributed by atoms with E-state index in [1.165, 1.54) is 0 Å². The Balaban J connectivity index is 2.29. The topological polar surface area (TPSA) is 60.9 Å². The fourth-order valence-electron chi connectivity index (χ4n) is 2.87. The Morgan fingerprint density at radius 1 is 1.38 bits per heavy atom. The summed E-state index contributed by atoms with van der Waals surface area (Å²) in [5.41, 5.74) is 1.74. The first-order valence-corrected chi connectivity index (χ1v) is 7.31. The van der Waals surface area contributed by atoms with Crippen LogP contribution in [-0.2, 0) is 11.3 Å². The zero-order chi connectivity index (χ0) is 15.6. The smallest absolute Gasteiger partial charge is 0.320 e. The van der Waals surface area contributed by atoms with Crippen LogP contribution in [0.5, 0.6) is 0 Å². The predicted octanol–water partition coefficient (Wildman–Crippen LogP) is 2.52. The van der Waals surface area contributed by atoms with Crippen molar-refractivity contribution in [3.8, 4) is 0 Å². The van der Waals surface area contributed by atoms with Crippen LogP contribution >= 0.6 is 0 Å². The zero-order valence-corrected chi connectivity index (χ0v) is 12.7. The van der Waals surface area contributed by atoms with Gasteiger partial charge < -0.3 is 14.9 Å². The van der Waals surface area contributed by atoms with Crippen LogP contribution in [-0.4, -0.2) is 46.0 Å². The van der Waals surface area contributed by atoms with Crippen LogP contribution in [0.4, 0.5) is 4.79 Å². The van der Waals surface area contributed by atoms with E-state index in [1.807, 2.05) is 45.0 Å². The molecule has 2 rings (SSSR count). The molecule has 0 aromatic heterocycles. The number of carboxylic acids is 1. The summed E-state index contributed by atoms with van der Waals surface area (Å²) in [6.45, 7) is 7.19. The number of urea groups is 1. The molecule has 21 heavy (non-hydrogen) atoms. The van der Waals surface area contributed by atoms with Crippen molar-refractivity contribution < 1.29 is 14.7 Å². The molecule has 0 spiro atoms. The Kier molecular flexibility index (Phi) is 4.50. The highest BCUT2D eigenvalue weighted by Gasteiger charge is 2.34. The summed E-state index contributed by atoms with van der Waals surface area (Å²) >= 11 is 0. The van der Waals surface area contributed by atoms with Gasteiger partial charge in [-0.1, -0.05) is 24.3 Å². The number of fused-ring (bicyclic) bond motifs is 1. The molecule has 2 amide bonds. The van der Waals surface area contributed by atoms with Gasteiger partial charge in [-0.05, 0) is 31.9 Å². The minimum Gasteiger partial charge on any atom is -0.481 e. The molecule has 1 aliphatic rings. The molecule has 114 valence electrons. The number of amides is 2. The summed E-state index contributed by atoms with van der Waals surface area (Å²) in [7, 11) is 0. The van der Waals surface area contributed by atoms with Gasteiger partial charge in [-0.25, -0.2) is 4.79 Å². The van der Waals surface area contributed by atoms with Gasteiger partial charge in [-0.3, -0.25) is 4.79 Å². The normalized spacial score (nSPS) is 17.5. The van der Waals surface area contributed by atoms with Crippen LogP contribution in [0.15, 0.2) is 24.3 Å². The fraction of sp³-hybridized carbons (Fsp3) is 0.500. The molecule has 0 bridgehead atoms. The molecule has 1 heterocycles.